The highest BCUT2D eigenvalue weighted by Gasteiger charge is 2.13. The van der Waals surface area contributed by atoms with Gasteiger partial charge in [-0.3, -0.25) is 0 Å². The third kappa shape index (κ3) is 4.49. The second-order valence-electron chi connectivity index (χ2n) is 4.69. The van der Waals surface area contributed by atoms with Gasteiger partial charge in [-0.15, -0.1) is 0 Å². The molecule has 1 aromatic rings. The van der Waals surface area contributed by atoms with Crippen molar-refractivity contribution in [3.8, 4) is 0 Å². The van der Waals surface area contributed by atoms with Crippen LogP contribution in [0.4, 0.5) is 0 Å². The predicted octanol–water partition coefficient (Wildman–Crippen LogP) is 2.78. The topological polar surface area (TPSA) is 52.3 Å². The second kappa shape index (κ2) is 7.88. The van der Waals surface area contributed by atoms with E-state index in [2.05, 4.69) is 13.8 Å². The molecule has 0 aliphatic heterocycles. The first kappa shape index (κ1) is 14.7. The van der Waals surface area contributed by atoms with Crippen molar-refractivity contribution in [3.05, 3.63) is 35.4 Å². The molecule has 0 saturated heterocycles. The van der Waals surface area contributed by atoms with Crippen LogP contribution in [0.1, 0.15) is 42.6 Å². The highest BCUT2D eigenvalue weighted by molar-refractivity contribution is 5.91. The summed E-state index contributed by atoms with van der Waals surface area (Å²) >= 11 is 0. The van der Waals surface area contributed by atoms with E-state index in [4.69, 9.17) is 10.5 Å². The third-order valence-corrected chi connectivity index (χ3v) is 2.93. The van der Waals surface area contributed by atoms with Gasteiger partial charge in [-0.25, -0.2) is 4.79 Å². The van der Waals surface area contributed by atoms with Crippen LogP contribution in [0.3, 0.4) is 0 Å². The molecule has 0 spiro atoms. The summed E-state index contributed by atoms with van der Waals surface area (Å²) in [5.74, 6) is 0.183. The molecule has 3 heteroatoms. The number of hydrogen-bond acceptors (Lipinski definition) is 3. The fourth-order valence-corrected chi connectivity index (χ4v) is 1.96. The van der Waals surface area contributed by atoms with Gasteiger partial charge in [-0.2, -0.15) is 0 Å². The zero-order valence-electron chi connectivity index (χ0n) is 11.3. The average molecular weight is 249 g/mol. The van der Waals surface area contributed by atoms with Gasteiger partial charge in [0.1, 0.15) is 0 Å². The molecule has 0 radical (unpaired) electrons. The summed E-state index contributed by atoms with van der Waals surface area (Å²) in [5, 5.41) is 0. The van der Waals surface area contributed by atoms with Gasteiger partial charge >= 0.3 is 5.97 Å². The van der Waals surface area contributed by atoms with Gasteiger partial charge in [0, 0.05) is 0 Å². The van der Waals surface area contributed by atoms with Crippen molar-refractivity contribution in [1.29, 1.82) is 0 Å². The van der Waals surface area contributed by atoms with Gasteiger partial charge in [0.2, 0.25) is 0 Å². The van der Waals surface area contributed by atoms with Crippen LogP contribution in [0, 0.1) is 5.92 Å². The molecule has 0 saturated carbocycles. The average Bonchev–Trinajstić information content (AvgIpc) is 2.37. The molecule has 0 bridgehead atoms. The zero-order chi connectivity index (χ0) is 13.4. The molecule has 1 rings (SSSR count). The van der Waals surface area contributed by atoms with Crippen LogP contribution in [-0.2, 0) is 11.2 Å². The predicted molar refractivity (Wildman–Crippen MR) is 73.6 cm³/mol. The summed E-state index contributed by atoms with van der Waals surface area (Å²) in [4.78, 5) is 12.0. The minimum atomic E-state index is -0.234. The van der Waals surface area contributed by atoms with E-state index in [-0.39, 0.29) is 5.97 Å². The van der Waals surface area contributed by atoms with Crippen LogP contribution in [0.25, 0.3) is 0 Å². The highest BCUT2D eigenvalue weighted by atomic mass is 16.5. The minimum absolute atomic E-state index is 0.234. The van der Waals surface area contributed by atoms with E-state index in [9.17, 15) is 4.79 Å². The van der Waals surface area contributed by atoms with E-state index in [0.29, 0.717) is 31.1 Å². The maximum atomic E-state index is 12.0. The van der Waals surface area contributed by atoms with E-state index < -0.39 is 0 Å². The number of carbonyl (C=O) groups excluding carboxylic acids is 1. The van der Waals surface area contributed by atoms with Crippen LogP contribution >= 0.6 is 0 Å². The summed E-state index contributed by atoms with van der Waals surface area (Å²) in [5.41, 5.74) is 7.15. The number of hydrogen-bond donors (Lipinski definition) is 1. The largest absolute Gasteiger partial charge is 0.462 e. The third-order valence-electron chi connectivity index (χ3n) is 2.93. The Kier molecular flexibility index (Phi) is 6.44. The number of esters is 1. The van der Waals surface area contributed by atoms with Gasteiger partial charge in [-0.1, -0.05) is 38.5 Å². The quantitative estimate of drug-likeness (QED) is 0.756. The number of benzene rings is 1. The first-order valence-electron chi connectivity index (χ1n) is 6.64. The molecule has 0 heterocycles. The van der Waals surface area contributed by atoms with Gasteiger partial charge in [0.15, 0.2) is 0 Å². The second-order valence-corrected chi connectivity index (χ2v) is 4.69. The van der Waals surface area contributed by atoms with E-state index in [1.807, 2.05) is 18.2 Å². The standard InChI is InChI=1S/C15H23NO2/c1-3-6-12(2)11-18-15(17)14-8-5-4-7-13(14)9-10-16/h4-5,7-8,12H,3,6,9-11,16H2,1-2H3. The molecule has 18 heavy (non-hydrogen) atoms. The van der Waals surface area contributed by atoms with Crippen molar-refractivity contribution in [2.24, 2.45) is 11.7 Å². The monoisotopic (exact) mass is 249 g/mol. The van der Waals surface area contributed by atoms with E-state index in [0.717, 1.165) is 18.4 Å². The molecule has 1 unspecified atom stereocenters. The Morgan fingerprint density at radius 1 is 1.39 bits per heavy atom. The summed E-state index contributed by atoms with van der Waals surface area (Å²) in [6.45, 7) is 5.26. The lowest BCUT2D eigenvalue weighted by atomic mass is 10.0. The van der Waals surface area contributed by atoms with Gasteiger partial charge in [0.25, 0.3) is 0 Å². The number of carbonyl (C=O) groups is 1. The summed E-state index contributed by atoms with van der Waals surface area (Å²) in [6, 6.07) is 7.50. The molecule has 100 valence electrons. The van der Waals surface area contributed by atoms with E-state index >= 15 is 0 Å². The number of nitrogens with two attached hydrogens (primary N) is 1. The molecule has 0 aliphatic carbocycles. The van der Waals surface area contributed by atoms with Crippen molar-refractivity contribution in [3.63, 3.8) is 0 Å². The lowest BCUT2D eigenvalue weighted by Crippen LogP contribution is -2.15. The Balaban J connectivity index is 2.60. The van der Waals surface area contributed by atoms with Crippen molar-refractivity contribution in [1.82, 2.24) is 0 Å². The van der Waals surface area contributed by atoms with Gasteiger partial charge in [-0.05, 0) is 36.9 Å². The molecule has 0 fully saturated rings. The van der Waals surface area contributed by atoms with Crippen LogP contribution in [0.5, 0.6) is 0 Å². The maximum Gasteiger partial charge on any atom is 0.338 e. The van der Waals surface area contributed by atoms with Crippen molar-refractivity contribution in [2.45, 2.75) is 33.1 Å². The highest BCUT2D eigenvalue weighted by Crippen LogP contribution is 2.12. The normalized spacial score (nSPS) is 12.2. The number of ether oxygens (including phenoxy) is 1. The van der Waals surface area contributed by atoms with Gasteiger partial charge in [0.05, 0.1) is 12.2 Å². The molecular weight excluding hydrogens is 226 g/mol. The summed E-state index contributed by atoms with van der Waals surface area (Å²) < 4.78 is 5.35. The minimum Gasteiger partial charge on any atom is -0.462 e. The van der Waals surface area contributed by atoms with Crippen molar-refractivity contribution < 1.29 is 9.53 Å². The van der Waals surface area contributed by atoms with Crippen LogP contribution in [0.15, 0.2) is 24.3 Å². The molecule has 0 amide bonds. The first-order chi connectivity index (χ1) is 8.69. The Labute approximate surface area is 109 Å². The van der Waals surface area contributed by atoms with E-state index in [1.54, 1.807) is 6.07 Å². The van der Waals surface area contributed by atoms with E-state index in [1.165, 1.54) is 0 Å². The number of rotatable bonds is 7. The molecule has 3 nitrogen and oxygen atoms in total. The molecule has 0 aromatic heterocycles. The Morgan fingerprint density at radius 2 is 2.11 bits per heavy atom. The molecule has 0 aliphatic rings. The van der Waals surface area contributed by atoms with Crippen molar-refractivity contribution >= 4 is 5.97 Å². The zero-order valence-corrected chi connectivity index (χ0v) is 11.3. The molecular formula is C15H23NO2. The van der Waals surface area contributed by atoms with Crippen LogP contribution in [0.2, 0.25) is 0 Å². The lowest BCUT2D eigenvalue weighted by Gasteiger charge is -2.12. The smallest absolute Gasteiger partial charge is 0.338 e. The molecule has 1 atom stereocenters. The first-order valence-corrected chi connectivity index (χ1v) is 6.64. The lowest BCUT2D eigenvalue weighted by molar-refractivity contribution is 0.0442. The van der Waals surface area contributed by atoms with Crippen LogP contribution in [-0.4, -0.2) is 19.1 Å². The Hall–Kier alpha value is -1.35. The summed E-state index contributed by atoms with van der Waals surface area (Å²) in [7, 11) is 0. The fourth-order valence-electron chi connectivity index (χ4n) is 1.96. The van der Waals surface area contributed by atoms with Gasteiger partial charge < -0.3 is 10.5 Å². The SMILES string of the molecule is CCCC(C)COC(=O)c1ccccc1CCN. The molecule has 2 N–H and O–H groups in total. The fraction of sp³-hybridized carbons (Fsp3) is 0.533. The Bertz CT molecular complexity index is 377. The summed E-state index contributed by atoms with van der Waals surface area (Å²) in [6.07, 6.45) is 2.90. The maximum absolute atomic E-state index is 12.0. The molecule has 1 aromatic carbocycles. The Morgan fingerprint density at radius 3 is 2.78 bits per heavy atom. The van der Waals surface area contributed by atoms with Crippen molar-refractivity contribution in [2.75, 3.05) is 13.2 Å². The van der Waals surface area contributed by atoms with Crippen LogP contribution < -0.4 is 5.73 Å².